The van der Waals surface area contributed by atoms with Gasteiger partial charge in [-0.3, -0.25) is 0 Å². The van der Waals surface area contributed by atoms with Crippen LogP contribution in [0.1, 0.15) is 33.3 Å². The maximum Gasteiger partial charge on any atom is 0.161 e. The number of ether oxygens (including phenoxy) is 2. The van der Waals surface area contributed by atoms with Crippen LogP contribution in [0.25, 0.3) is 6.08 Å². The highest BCUT2D eigenvalue weighted by atomic mass is 16.5. The fourth-order valence-corrected chi connectivity index (χ4v) is 1.90. The molecular weight excluding hydrogens is 250 g/mol. The maximum absolute atomic E-state index is 5.35. The predicted octanol–water partition coefficient (Wildman–Crippen LogP) is 3.74. The predicted molar refractivity (Wildman–Crippen MR) is 85.5 cm³/mol. The number of hydrogen-bond donors (Lipinski definition) is 1. The van der Waals surface area contributed by atoms with Crippen LogP contribution >= 0.6 is 0 Å². The molecule has 0 spiro atoms. The van der Waals surface area contributed by atoms with Crippen LogP contribution in [0, 0.1) is 5.92 Å². The summed E-state index contributed by atoms with van der Waals surface area (Å²) < 4.78 is 10.6. The molecule has 0 radical (unpaired) electrons. The average molecular weight is 277 g/mol. The topological polar surface area (TPSA) is 30.5 Å². The van der Waals surface area contributed by atoms with Crippen LogP contribution in [0.5, 0.6) is 11.5 Å². The van der Waals surface area contributed by atoms with Gasteiger partial charge in [0.25, 0.3) is 0 Å². The van der Waals surface area contributed by atoms with Crippen molar-refractivity contribution in [2.45, 2.75) is 33.7 Å². The summed E-state index contributed by atoms with van der Waals surface area (Å²) in [5.41, 5.74) is 2.52. The van der Waals surface area contributed by atoms with E-state index in [2.05, 4.69) is 45.2 Å². The summed E-state index contributed by atoms with van der Waals surface area (Å²) in [5.74, 6) is 2.03. The molecule has 0 unspecified atom stereocenters. The lowest BCUT2D eigenvalue weighted by atomic mass is 9.99. The van der Waals surface area contributed by atoms with Gasteiger partial charge in [0.2, 0.25) is 0 Å². The fraction of sp³-hybridized carbons (Fsp3) is 0.529. The number of nitrogens with one attached hydrogen (secondary N) is 1. The van der Waals surface area contributed by atoms with Crippen molar-refractivity contribution in [2.24, 2.45) is 5.92 Å². The van der Waals surface area contributed by atoms with Crippen LogP contribution in [0.4, 0.5) is 0 Å². The number of benzene rings is 1. The van der Waals surface area contributed by atoms with Gasteiger partial charge in [-0.05, 0) is 23.6 Å². The number of rotatable bonds is 7. The van der Waals surface area contributed by atoms with E-state index in [0.29, 0.717) is 12.0 Å². The summed E-state index contributed by atoms with van der Waals surface area (Å²) in [6.07, 6.45) is 2.22. The molecule has 3 nitrogen and oxygen atoms in total. The van der Waals surface area contributed by atoms with Crippen LogP contribution in [0.2, 0.25) is 0 Å². The van der Waals surface area contributed by atoms with E-state index in [1.54, 1.807) is 14.2 Å². The SMILES string of the molecule is COc1ccc(C=C(CNC(C)C)C(C)C)cc1OC. The van der Waals surface area contributed by atoms with Crippen molar-refractivity contribution < 1.29 is 9.47 Å². The quantitative estimate of drug-likeness (QED) is 0.823. The molecule has 20 heavy (non-hydrogen) atoms. The first-order valence-corrected chi connectivity index (χ1v) is 7.13. The second-order valence-electron chi connectivity index (χ2n) is 5.52. The van der Waals surface area contributed by atoms with Gasteiger partial charge in [-0.2, -0.15) is 0 Å². The molecule has 3 heteroatoms. The lowest BCUT2D eigenvalue weighted by molar-refractivity contribution is 0.355. The summed E-state index contributed by atoms with van der Waals surface area (Å²) in [4.78, 5) is 0. The molecule has 0 fully saturated rings. The molecule has 112 valence electrons. The minimum Gasteiger partial charge on any atom is -0.493 e. The van der Waals surface area contributed by atoms with Gasteiger partial charge in [-0.1, -0.05) is 45.4 Å². The van der Waals surface area contributed by atoms with Crippen molar-refractivity contribution in [3.8, 4) is 11.5 Å². The minimum absolute atomic E-state index is 0.488. The molecule has 0 bridgehead atoms. The van der Waals surface area contributed by atoms with E-state index in [-0.39, 0.29) is 0 Å². The third kappa shape index (κ3) is 4.89. The number of hydrogen-bond acceptors (Lipinski definition) is 3. The van der Waals surface area contributed by atoms with E-state index in [9.17, 15) is 0 Å². The van der Waals surface area contributed by atoms with Crippen molar-refractivity contribution in [3.05, 3.63) is 29.3 Å². The highest BCUT2D eigenvalue weighted by Crippen LogP contribution is 2.28. The molecule has 1 aromatic rings. The van der Waals surface area contributed by atoms with Gasteiger partial charge in [-0.15, -0.1) is 0 Å². The van der Waals surface area contributed by atoms with E-state index in [4.69, 9.17) is 9.47 Å². The molecule has 0 saturated carbocycles. The van der Waals surface area contributed by atoms with Crippen molar-refractivity contribution >= 4 is 6.08 Å². The van der Waals surface area contributed by atoms with Crippen LogP contribution in [-0.4, -0.2) is 26.8 Å². The molecule has 0 atom stereocenters. The summed E-state index contributed by atoms with van der Waals surface area (Å²) in [7, 11) is 3.31. The second kappa shape index (κ2) is 7.95. The van der Waals surface area contributed by atoms with Gasteiger partial charge in [0.05, 0.1) is 14.2 Å². The van der Waals surface area contributed by atoms with Crippen LogP contribution in [-0.2, 0) is 0 Å². The monoisotopic (exact) mass is 277 g/mol. The number of methoxy groups -OCH3 is 2. The molecule has 0 heterocycles. The molecule has 0 aliphatic carbocycles. The minimum atomic E-state index is 0.488. The second-order valence-corrected chi connectivity index (χ2v) is 5.52. The first-order valence-electron chi connectivity index (χ1n) is 7.13. The molecule has 0 aliphatic rings. The first-order chi connectivity index (χ1) is 9.47. The Balaban J connectivity index is 2.98. The zero-order valence-electron chi connectivity index (χ0n) is 13.5. The van der Waals surface area contributed by atoms with Gasteiger partial charge in [0.15, 0.2) is 11.5 Å². The van der Waals surface area contributed by atoms with Crippen molar-refractivity contribution in [2.75, 3.05) is 20.8 Å². The standard InChI is InChI=1S/C17H27NO2/c1-12(2)15(11-18-13(3)4)9-14-7-8-16(19-5)17(10-14)20-6/h7-10,12-13,18H,11H2,1-6H3. The third-order valence-electron chi connectivity index (χ3n) is 3.22. The Kier molecular flexibility index (Phi) is 6.59. The van der Waals surface area contributed by atoms with E-state index in [1.807, 2.05) is 12.1 Å². The Hall–Kier alpha value is -1.48. The van der Waals surface area contributed by atoms with Crippen LogP contribution in [0.15, 0.2) is 23.8 Å². The molecule has 1 rings (SSSR count). The van der Waals surface area contributed by atoms with Gasteiger partial charge >= 0.3 is 0 Å². The molecule has 1 N–H and O–H groups in total. The average Bonchev–Trinajstić information content (AvgIpc) is 2.42. The Bertz CT molecular complexity index is 450. The zero-order valence-corrected chi connectivity index (χ0v) is 13.5. The summed E-state index contributed by atoms with van der Waals surface area (Å²) in [6, 6.07) is 6.50. The third-order valence-corrected chi connectivity index (χ3v) is 3.22. The van der Waals surface area contributed by atoms with Gasteiger partial charge in [0, 0.05) is 12.6 Å². The fourth-order valence-electron chi connectivity index (χ4n) is 1.90. The molecule has 1 aromatic carbocycles. The Morgan fingerprint density at radius 2 is 1.75 bits per heavy atom. The molecular formula is C17H27NO2. The van der Waals surface area contributed by atoms with E-state index < -0.39 is 0 Å². The van der Waals surface area contributed by atoms with Crippen molar-refractivity contribution in [1.82, 2.24) is 5.32 Å². The zero-order chi connectivity index (χ0) is 15.1. The first kappa shape index (κ1) is 16.6. The molecule has 0 aliphatic heterocycles. The Morgan fingerprint density at radius 1 is 1.10 bits per heavy atom. The normalized spacial score (nSPS) is 12.1. The Morgan fingerprint density at radius 3 is 2.25 bits per heavy atom. The smallest absolute Gasteiger partial charge is 0.161 e. The van der Waals surface area contributed by atoms with Crippen LogP contribution in [0.3, 0.4) is 0 Å². The maximum atomic E-state index is 5.35. The van der Waals surface area contributed by atoms with E-state index >= 15 is 0 Å². The lowest BCUT2D eigenvalue weighted by Crippen LogP contribution is -2.26. The highest BCUT2D eigenvalue weighted by Gasteiger charge is 2.07. The van der Waals surface area contributed by atoms with Gasteiger partial charge < -0.3 is 14.8 Å². The summed E-state index contributed by atoms with van der Waals surface area (Å²) in [6.45, 7) is 9.66. The molecule has 0 saturated heterocycles. The van der Waals surface area contributed by atoms with Crippen molar-refractivity contribution in [3.63, 3.8) is 0 Å². The van der Waals surface area contributed by atoms with E-state index in [1.165, 1.54) is 5.57 Å². The van der Waals surface area contributed by atoms with E-state index in [0.717, 1.165) is 23.6 Å². The van der Waals surface area contributed by atoms with Crippen molar-refractivity contribution in [1.29, 1.82) is 0 Å². The molecule has 0 amide bonds. The molecule has 0 aromatic heterocycles. The summed E-state index contributed by atoms with van der Waals surface area (Å²) in [5, 5.41) is 3.47. The van der Waals surface area contributed by atoms with Gasteiger partial charge in [-0.25, -0.2) is 0 Å². The largest absolute Gasteiger partial charge is 0.493 e. The lowest BCUT2D eigenvalue weighted by Gasteiger charge is -2.15. The highest BCUT2D eigenvalue weighted by molar-refractivity contribution is 5.58. The summed E-state index contributed by atoms with van der Waals surface area (Å²) >= 11 is 0. The van der Waals surface area contributed by atoms with Gasteiger partial charge in [0.1, 0.15) is 0 Å². The van der Waals surface area contributed by atoms with Crippen LogP contribution < -0.4 is 14.8 Å². The Labute approximate surface area is 123 Å².